The van der Waals surface area contributed by atoms with Crippen molar-refractivity contribution >= 4 is 34.0 Å². The molecule has 0 aliphatic carbocycles. The molecule has 2 aromatic carbocycles. The Morgan fingerprint density at radius 2 is 1.59 bits per heavy atom. The number of anilines is 2. The van der Waals surface area contributed by atoms with Gasteiger partial charge in [0, 0.05) is 35.1 Å². The zero-order valence-electron chi connectivity index (χ0n) is 17.2. The quantitative estimate of drug-likeness (QED) is 0.233. The molecule has 4 aromatic rings. The molecule has 0 aliphatic heterocycles. The molecular formula is C23H15ClF6N4. The maximum absolute atomic E-state index is 13.5. The molecule has 0 unspecified atom stereocenters. The second-order valence-corrected chi connectivity index (χ2v) is 7.63. The van der Waals surface area contributed by atoms with Crippen LogP contribution in [0.5, 0.6) is 0 Å². The standard InChI is InChI=1S/C23H15ClF6N4/c24-10-9-19-33-18-12-13(20-17(23(28,29)30)2-1-11-31-20)3-8-16(18)21(34-19)32-15-6-4-14(5-7-15)22(25,26)27/h1-8,11-12H,9-10H2,(H,32,33,34). The van der Waals surface area contributed by atoms with Crippen LogP contribution >= 0.6 is 11.6 Å². The number of pyridine rings is 1. The lowest BCUT2D eigenvalue weighted by Crippen LogP contribution is -2.08. The van der Waals surface area contributed by atoms with Crippen LogP contribution in [0.15, 0.2) is 60.8 Å². The Morgan fingerprint density at radius 3 is 2.24 bits per heavy atom. The van der Waals surface area contributed by atoms with E-state index in [-0.39, 0.29) is 29.4 Å². The summed E-state index contributed by atoms with van der Waals surface area (Å²) in [5, 5.41) is 3.43. The molecule has 2 aromatic heterocycles. The number of hydrogen-bond donors (Lipinski definition) is 1. The molecule has 1 N–H and O–H groups in total. The number of nitrogens with zero attached hydrogens (tertiary/aromatic N) is 3. The van der Waals surface area contributed by atoms with Gasteiger partial charge in [0.05, 0.1) is 22.3 Å². The second kappa shape index (κ2) is 9.09. The average molecular weight is 497 g/mol. The summed E-state index contributed by atoms with van der Waals surface area (Å²) < 4.78 is 78.9. The fraction of sp³-hybridized carbons (Fsp3) is 0.174. The van der Waals surface area contributed by atoms with Crippen LogP contribution in [0, 0.1) is 0 Å². The number of benzene rings is 2. The smallest absolute Gasteiger partial charge is 0.340 e. The minimum Gasteiger partial charge on any atom is -0.340 e. The van der Waals surface area contributed by atoms with Gasteiger partial charge in [0.15, 0.2) is 0 Å². The molecule has 0 saturated carbocycles. The molecule has 11 heteroatoms. The summed E-state index contributed by atoms with van der Waals surface area (Å²) in [6.45, 7) is 0. The van der Waals surface area contributed by atoms with Gasteiger partial charge in [-0.1, -0.05) is 6.07 Å². The topological polar surface area (TPSA) is 50.7 Å². The van der Waals surface area contributed by atoms with Gasteiger partial charge in [-0.25, -0.2) is 9.97 Å². The number of aryl methyl sites for hydroxylation is 1. The summed E-state index contributed by atoms with van der Waals surface area (Å²) in [7, 11) is 0. The Morgan fingerprint density at radius 1 is 0.853 bits per heavy atom. The molecule has 0 fully saturated rings. The molecule has 0 atom stereocenters. The van der Waals surface area contributed by atoms with E-state index in [1.807, 2.05) is 0 Å². The maximum Gasteiger partial charge on any atom is 0.418 e. The van der Waals surface area contributed by atoms with Gasteiger partial charge in [-0.3, -0.25) is 4.98 Å². The van der Waals surface area contributed by atoms with Gasteiger partial charge >= 0.3 is 12.4 Å². The SMILES string of the molecule is FC(F)(F)c1ccc(Nc2nc(CCCl)nc3cc(-c4ncccc4C(F)(F)F)ccc23)cc1. The van der Waals surface area contributed by atoms with Crippen molar-refractivity contribution in [3.63, 3.8) is 0 Å². The number of rotatable bonds is 5. The normalized spacial score (nSPS) is 12.2. The van der Waals surface area contributed by atoms with E-state index in [9.17, 15) is 26.3 Å². The van der Waals surface area contributed by atoms with E-state index >= 15 is 0 Å². The molecule has 0 spiro atoms. The van der Waals surface area contributed by atoms with Crippen molar-refractivity contribution in [2.24, 2.45) is 0 Å². The first-order valence-electron chi connectivity index (χ1n) is 9.90. The molecule has 4 nitrogen and oxygen atoms in total. The predicted octanol–water partition coefficient (Wildman–Crippen LogP) is 7.25. The Balaban J connectivity index is 1.79. The molecule has 0 saturated heterocycles. The third-order valence-electron chi connectivity index (χ3n) is 4.92. The molecule has 4 rings (SSSR count). The van der Waals surface area contributed by atoms with Crippen molar-refractivity contribution in [3.8, 4) is 11.3 Å². The number of fused-ring (bicyclic) bond motifs is 1. The fourth-order valence-electron chi connectivity index (χ4n) is 3.36. The summed E-state index contributed by atoms with van der Waals surface area (Å²) in [4.78, 5) is 12.7. The first-order chi connectivity index (χ1) is 16.1. The van der Waals surface area contributed by atoms with Gasteiger partial charge in [0.1, 0.15) is 11.6 Å². The van der Waals surface area contributed by atoms with Crippen molar-refractivity contribution in [2.75, 3.05) is 11.2 Å². The third kappa shape index (κ3) is 5.06. The van der Waals surface area contributed by atoms with Crippen molar-refractivity contribution in [1.29, 1.82) is 0 Å². The van der Waals surface area contributed by atoms with Crippen molar-refractivity contribution in [3.05, 3.63) is 77.7 Å². The van der Waals surface area contributed by atoms with Crippen LogP contribution in [0.4, 0.5) is 37.8 Å². The Hall–Kier alpha value is -3.40. The summed E-state index contributed by atoms with van der Waals surface area (Å²) >= 11 is 5.82. The Kier molecular flexibility index (Phi) is 6.35. The zero-order valence-corrected chi connectivity index (χ0v) is 17.9. The highest BCUT2D eigenvalue weighted by molar-refractivity contribution is 6.17. The summed E-state index contributed by atoms with van der Waals surface area (Å²) in [5.74, 6) is 0.809. The van der Waals surface area contributed by atoms with Gasteiger partial charge < -0.3 is 5.32 Å². The molecule has 2 heterocycles. The molecule has 34 heavy (non-hydrogen) atoms. The van der Waals surface area contributed by atoms with Gasteiger partial charge in [0.25, 0.3) is 0 Å². The predicted molar refractivity (Wildman–Crippen MR) is 117 cm³/mol. The lowest BCUT2D eigenvalue weighted by atomic mass is 10.0. The lowest BCUT2D eigenvalue weighted by molar-refractivity contribution is -0.138. The molecule has 0 radical (unpaired) electrons. The largest absolute Gasteiger partial charge is 0.418 e. The van der Waals surface area contributed by atoms with E-state index in [1.165, 1.54) is 42.6 Å². The van der Waals surface area contributed by atoms with E-state index in [0.717, 1.165) is 18.2 Å². The van der Waals surface area contributed by atoms with Gasteiger partial charge in [-0.05, 0) is 48.5 Å². The molecule has 176 valence electrons. The van der Waals surface area contributed by atoms with Crippen LogP contribution in [0.1, 0.15) is 17.0 Å². The van der Waals surface area contributed by atoms with Crippen molar-refractivity contribution in [2.45, 2.75) is 18.8 Å². The molecule has 0 aliphatic rings. The summed E-state index contributed by atoms with van der Waals surface area (Å²) in [6.07, 6.45) is -7.51. The average Bonchev–Trinajstić information content (AvgIpc) is 2.78. The van der Waals surface area contributed by atoms with E-state index in [4.69, 9.17) is 11.6 Å². The zero-order chi connectivity index (χ0) is 24.5. The van der Waals surface area contributed by atoms with E-state index in [2.05, 4.69) is 20.3 Å². The number of hydrogen-bond acceptors (Lipinski definition) is 4. The van der Waals surface area contributed by atoms with E-state index in [0.29, 0.717) is 22.4 Å². The van der Waals surface area contributed by atoms with Gasteiger partial charge in [0.2, 0.25) is 0 Å². The van der Waals surface area contributed by atoms with Gasteiger partial charge in [-0.15, -0.1) is 11.6 Å². The molecule has 0 amide bonds. The first kappa shape index (κ1) is 23.7. The van der Waals surface area contributed by atoms with Crippen molar-refractivity contribution in [1.82, 2.24) is 15.0 Å². The summed E-state index contributed by atoms with van der Waals surface area (Å²) in [5.41, 5.74) is -1.04. The van der Waals surface area contributed by atoms with Crippen LogP contribution in [0.2, 0.25) is 0 Å². The number of halogens is 7. The fourth-order valence-corrected chi connectivity index (χ4v) is 3.53. The van der Waals surface area contributed by atoms with E-state index < -0.39 is 23.5 Å². The first-order valence-corrected chi connectivity index (χ1v) is 10.4. The van der Waals surface area contributed by atoms with Crippen LogP contribution in [-0.2, 0) is 18.8 Å². The molecule has 0 bridgehead atoms. The number of nitrogens with one attached hydrogen (secondary N) is 1. The monoisotopic (exact) mass is 496 g/mol. The van der Waals surface area contributed by atoms with Crippen LogP contribution < -0.4 is 5.32 Å². The highest BCUT2D eigenvalue weighted by Crippen LogP contribution is 2.37. The van der Waals surface area contributed by atoms with Crippen LogP contribution in [-0.4, -0.2) is 20.8 Å². The highest BCUT2D eigenvalue weighted by Gasteiger charge is 2.34. The van der Waals surface area contributed by atoms with Gasteiger partial charge in [-0.2, -0.15) is 26.3 Å². The van der Waals surface area contributed by atoms with Crippen LogP contribution in [0.25, 0.3) is 22.2 Å². The van der Waals surface area contributed by atoms with Crippen LogP contribution in [0.3, 0.4) is 0 Å². The van der Waals surface area contributed by atoms with E-state index in [1.54, 1.807) is 0 Å². The Bertz CT molecular complexity index is 1320. The maximum atomic E-state index is 13.5. The third-order valence-corrected chi connectivity index (χ3v) is 5.11. The minimum atomic E-state index is -4.59. The molecular weight excluding hydrogens is 482 g/mol. The lowest BCUT2D eigenvalue weighted by Gasteiger charge is -2.14. The number of aromatic nitrogens is 3. The second-order valence-electron chi connectivity index (χ2n) is 7.26. The minimum absolute atomic E-state index is 0.198. The highest BCUT2D eigenvalue weighted by atomic mass is 35.5. The number of alkyl halides is 7. The Labute approximate surface area is 194 Å². The van der Waals surface area contributed by atoms with Crippen molar-refractivity contribution < 1.29 is 26.3 Å². The summed E-state index contributed by atoms with van der Waals surface area (Å²) in [6, 6.07) is 11.0.